The third-order valence-electron chi connectivity index (χ3n) is 3.98. The van der Waals surface area contributed by atoms with Crippen LogP contribution >= 0.6 is 0 Å². The predicted octanol–water partition coefficient (Wildman–Crippen LogP) is 2.80. The van der Waals surface area contributed by atoms with Gasteiger partial charge in [-0.1, -0.05) is 36.4 Å². The van der Waals surface area contributed by atoms with Crippen molar-refractivity contribution < 1.29 is 14.3 Å². The van der Waals surface area contributed by atoms with Crippen molar-refractivity contribution in [2.24, 2.45) is 0 Å². The van der Waals surface area contributed by atoms with Crippen LogP contribution in [0.1, 0.15) is 22.3 Å². The van der Waals surface area contributed by atoms with Gasteiger partial charge >= 0.3 is 6.09 Å². The summed E-state index contributed by atoms with van der Waals surface area (Å²) in [6, 6.07) is 17.1. The van der Waals surface area contributed by atoms with Gasteiger partial charge in [0, 0.05) is 44.0 Å². The summed E-state index contributed by atoms with van der Waals surface area (Å²) in [5.41, 5.74) is 2.32. The molecule has 0 aromatic heterocycles. The van der Waals surface area contributed by atoms with Crippen LogP contribution in [-0.2, 0) is 11.3 Å². The van der Waals surface area contributed by atoms with Crippen LogP contribution in [0, 0.1) is 0 Å². The second-order valence-electron chi connectivity index (χ2n) is 5.85. The average Bonchev–Trinajstić information content (AvgIpc) is 2.69. The zero-order chi connectivity index (χ0) is 18.8. The Labute approximate surface area is 154 Å². The van der Waals surface area contributed by atoms with Crippen LogP contribution in [0.15, 0.2) is 54.6 Å². The van der Waals surface area contributed by atoms with E-state index < -0.39 is 6.09 Å². The second kappa shape index (κ2) is 10.1. The summed E-state index contributed by atoms with van der Waals surface area (Å²) in [6.07, 6.45) is 0.314. The zero-order valence-electron chi connectivity index (χ0n) is 15.2. The lowest BCUT2D eigenvalue weighted by molar-refractivity contribution is 0.0956. The molecular formula is C20H25N3O3. The predicted molar refractivity (Wildman–Crippen MR) is 102 cm³/mol. The second-order valence-corrected chi connectivity index (χ2v) is 5.85. The Morgan fingerprint density at radius 3 is 2.46 bits per heavy atom. The highest BCUT2D eigenvalue weighted by molar-refractivity contribution is 5.95. The van der Waals surface area contributed by atoms with Crippen LogP contribution in [0.4, 0.5) is 10.5 Å². The van der Waals surface area contributed by atoms with Gasteiger partial charge in [-0.3, -0.25) is 4.79 Å². The first-order valence-electron chi connectivity index (χ1n) is 8.58. The molecule has 2 aromatic rings. The van der Waals surface area contributed by atoms with E-state index in [0.717, 1.165) is 18.7 Å². The van der Waals surface area contributed by atoms with E-state index in [4.69, 9.17) is 4.74 Å². The fraction of sp³-hybridized carbons (Fsp3) is 0.300. The van der Waals surface area contributed by atoms with Gasteiger partial charge in [0.1, 0.15) is 6.61 Å². The molecule has 0 radical (unpaired) electrons. The van der Waals surface area contributed by atoms with Crippen molar-refractivity contribution in [1.29, 1.82) is 0 Å². The van der Waals surface area contributed by atoms with Gasteiger partial charge in [-0.15, -0.1) is 0 Å². The molecule has 0 spiro atoms. The van der Waals surface area contributed by atoms with E-state index in [9.17, 15) is 9.59 Å². The smallest absolute Gasteiger partial charge is 0.407 e. The van der Waals surface area contributed by atoms with Crippen molar-refractivity contribution in [3.05, 3.63) is 65.7 Å². The molecule has 0 saturated carbocycles. The van der Waals surface area contributed by atoms with Crippen LogP contribution in [0.5, 0.6) is 0 Å². The van der Waals surface area contributed by atoms with Gasteiger partial charge in [0.05, 0.1) is 0 Å². The van der Waals surface area contributed by atoms with Gasteiger partial charge in [-0.2, -0.15) is 0 Å². The van der Waals surface area contributed by atoms with Crippen molar-refractivity contribution >= 4 is 17.7 Å². The third kappa shape index (κ3) is 5.81. The van der Waals surface area contributed by atoms with Gasteiger partial charge in [-0.05, 0) is 24.6 Å². The molecule has 0 bridgehead atoms. The number of carbonyl (C=O) groups is 2. The zero-order valence-corrected chi connectivity index (χ0v) is 15.2. The van der Waals surface area contributed by atoms with E-state index in [0.29, 0.717) is 17.7 Å². The fourth-order valence-corrected chi connectivity index (χ4v) is 2.51. The lowest BCUT2D eigenvalue weighted by atomic mass is 10.1. The topological polar surface area (TPSA) is 70.7 Å². The quantitative estimate of drug-likeness (QED) is 0.715. The van der Waals surface area contributed by atoms with Crippen LogP contribution in [0.2, 0.25) is 0 Å². The number of benzene rings is 2. The normalized spacial score (nSPS) is 10.1. The van der Waals surface area contributed by atoms with E-state index in [1.807, 2.05) is 43.4 Å². The Morgan fingerprint density at radius 1 is 1.04 bits per heavy atom. The maximum Gasteiger partial charge on any atom is 0.407 e. The third-order valence-corrected chi connectivity index (χ3v) is 3.98. The van der Waals surface area contributed by atoms with Crippen molar-refractivity contribution in [1.82, 2.24) is 10.6 Å². The molecule has 0 aliphatic heterocycles. The van der Waals surface area contributed by atoms with Gasteiger partial charge in [-0.25, -0.2) is 4.79 Å². The minimum Gasteiger partial charge on any atom is -0.445 e. The molecule has 0 atom stereocenters. The van der Waals surface area contributed by atoms with Gasteiger partial charge in [0.25, 0.3) is 5.91 Å². The number of hydrogen-bond donors (Lipinski definition) is 2. The lowest BCUT2D eigenvalue weighted by Crippen LogP contribution is -2.29. The monoisotopic (exact) mass is 355 g/mol. The first kappa shape index (κ1) is 19.3. The van der Waals surface area contributed by atoms with E-state index in [1.165, 1.54) is 0 Å². The molecule has 0 heterocycles. The van der Waals surface area contributed by atoms with Crippen molar-refractivity contribution in [2.45, 2.75) is 13.0 Å². The van der Waals surface area contributed by atoms with Crippen molar-refractivity contribution in [3.63, 3.8) is 0 Å². The summed E-state index contributed by atoms with van der Waals surface area (Å²) in [5.74, 6) is -0.200. The van der Waals surface area contributed by atoms with Crippen LogP contribution in [-0.4, -0.2) is 39.2 Å². The number of amides is 2. The number of carbonyl (C=O) groups excluding carboxylic acids is 2. The molecule has 0 aliphatic rings. The lowest BCUT2D eigenvalue weighted by Gasteiger charge is -2.19. The highest BCUT2D eigenvalue weighted by Gasteiger charge is 2.11. The van der Waals surface area contributed by atoms with Crippen molar-refractivity contribution in [3.8, 4) is 0 Å². The Kier molecular flexibility index (Phi) is 7.49. The molecule has 2 amide bonds. The summed E-state index contributed by atoms with van der Waals surface area (Å²) in [4.78, 5) is 25.8. The number of nitrogens with zero attached hydrogens (tertiary/aromatic N) is 1. The minimum atomic E-state index is -0.487. The van der Waals surface area contributed by atoms with Gasteiger partial charge < -0.3 is 20.3 Å². The number of anilines is 1. The summed E-state index contributed by atoms with van der Waals surface area (Å²) in [5, 5.41) is 5.31. The summed E-state index contributed by atoms with van der Waals surface area (Å²) < 4.78 is 5.21. The molecule has 26 heavy (non-hydrogen) atoms. The number of para-hydroxylation sites is 1. The van der Waals surface area contributed by atoms with Gasteiger partial charge in [0.15, 0.2) is 0 Å². The molecule has 2 N–H and O–H groups in total. The molecule has 2 aromatic carbocycles. The highest BCUT2D eigenvalue weighted by atomic mass is 16.5. The molecule has 6 heteroatoms. The van der Waals surface area contributed by atoms with Crippen molar-refractivity contribution in [2.75, 3.05) is 32.1 Å². The number of ether oxygens (including phenoxy) is 1. The van der Waals surface area contributed by atoms with E-state index >= 15 is 0 Å². The minimum absolute atomic E-state index is 0.0549. The Bertz CT molecular complexity index is 719. The molecular weight excluding hydrogens is 330 g/mol. The summed E-state index contributed by atoms with van der Waals surface area (Å²) in [7, 11) is 3.59. The first-order chi connectivity index (χ1) is 12.6. The summed E-state index contributed by atoms with van der Waals surface area (Å²) >= 11 is 0. The number of hydrogen-bond acceptors (Lipinski definition) is 4. The standard InChI is InChI=1S/C20H25N3O3/c1-21-19(24)18-12-7-6-9-16(18)15-26-20(25)22-13-8-14-23(2)17-10-4-3-5-11-17/h3-7,9-12H,8,13-15H2,1-2H3,(H,21,24)(H,22,25). The Morgan fingerprint density at radius 2 is 1.73 bits per heavy atom. The van der Waals surface area contributed by atoms with E-state index in [1.54, 1.807) is 25.2 Å². The van der Waals surface area contributed by atoms with E-state index in [2.05, 4.69) is 15.5 Å². The molecule has 6 nitrogen and oxygen atoms in total. The largest absolute Gasteiger partial charge is 0.445 e. The van der Waals surface area contributed by atoms with Crippen LogP contribution in [0.25, 0.3) is 0 Å². The average molecular weight is 355 g/mol. The molecule has 2 rings (SSSR count). The maximum atomic E-state index is 11.8. The molecule has 0 aliphatic carbocycles. The number of rotatable bonds is 8. The SMILES string of the molecule is CNC(=O)c1ccccc1COC(=O)NCCCN(C)c1ccccc1. The van der Waals surface area contributed by atoms with E-state index in [-0.39, 0.29) is 12.5 Å². The molecule has 0 fully saturated rings. The Hall–Kier alpha value is -3.02. The van der Waals surface area contributed by atoms with Crippen LogP contribution in [0.3, 0.4) is 0 Å². The van der Waals surface area contributed by atoms with Crippen LogP contribution < -0.4 is 15.5 Å². The first-order valence-corrected chi connectivity index (χ1v) is 8.58. The summed E-state index contributed by atoms with van der Waals surface area (Å²) in [6.45, 7) is 1.40. The fourth-order valence-electron chi connectivity index (χ4n) is 2.51. The Balaban J connectivity index is 1.71. The van der Waals surface area contributed by atoms with Gasteiger partial charge in [0.2, 0.25) is 0 Å². The number of alkyl carbamates (subject to hydrolysis) is 1. The highest BCUT2D eigenvalue weighted by Crippen LogP contribution is 2.11. The molecule has 138 valence electrons. The number of nitrogens with one attached hydrogen (secondary N) is 2. The molecule has 0 unspecified atom stereocenters. The maximum absolute atomic E-state index is 11.8. The molecule has 0 saturated heterocycles.